The van der Waals surface area contributed by atoms with Crippen LogP contribution in [0.2, 0.25) is 0 Å². The van der Waals surface area contributed by atoms with Crippen molar-refractivity contribution in [3.63, 3.8) is 0 Å². The summed E-state index contributed by atoms with van der Waals surface area (Å²) in [5.74, 6) is -8.06. The van der Waals surface area contributed by atoms with Gasteiger partial charge in [0.2, 0.25) is 0 Å². The highest BCUT2D eigenvalue weighted by molar-refractivity contribution is 5.80. The van der Waals surface area contributed by atoms with Crippen molar-refractivity contribution in [2.24, 2.45) is 5.84 Å². The minimum atomic E-state index is -2.19. The number of benzene rings is 2. The minimum absolute atomic E-state index is 0.648. The third-order valence-corrected chi connectivity index (χ3v) is 3.53. The molecular formula is C13H5F7N2. The molecule has 1 aliphatic carbocycles. The van der Waals surface area contributed by atoms with E-state index in [4.69, 9.17) is 5.84 Å². The Labute approximate surface area is 118 Å². The van der Waals surface area contributed by atoms with Gasteiger partial charge in [-0.3, -0.25) is 5.84 Å². The van der Waals surface area contributed by atoms with E-state index in [1.54, 1.807) is 5.43 Å². The molecule has 22 heavy (non-hydrogen) atoms. The van der Waals surface area contributed by atoms with Gasteiger partial charge < -0.3 is 5.43 Å². The van der Waals surface area contributed by atoms with Crippen molar-refractivity contribution in [1.29, 1.82) is 0 Å². The van der Waals surface area contributed by atoms with Crippen LogP contribution in [0.25, 0.3) is 11.1 Å². The molecule has 0 saturated heterocycles. The van der Waals surface area contributed by atoms with E-state index in [2.05, 4.69) is 0 Å². The third-order valence-electron chi connectivity index (χ3n) is 3.53. The zero-order valence-electron chi connectivity index (χ0n) is 10.4. The van der Waals surface area contributed by atoms with Crippen molar-refractivity contribution >= 4 is 5.69 Å². The first-order valence-corrected chi connectivity index (χ1v) is 5.82. The summed E-state index contributed by atoms with van der Waals surface area (Å²) in [5, 5.41) is 0. The average Bonchev–Trinajstić information content (AvgIpc) is 2.90. The molecule has 0 atom stereocenters. The highest BCUT2D eigenvalue weighted by Gasteiger charge is 2.37. The van der Waals surface area contributed by atoms with Gasteiger partial charge in [-0.25, -0.2) is 30.7 Å². The zero-order valence-corrected chi connectivity index (χ0v) is 10.4. The van der Waals surface area contributed by atoms with Crippen LogP contribution in [0.15, 0.2) is 0 Å². The van der Waals surface area contributed by atoms with Crippen LogP contribution in [0.1, 0.15) is 11.1 Å². The van der Waals surface area contributed by atoms with Crippen molar-refractivity contribution in [3.8, 4) is 11.1 Å². The number of anilines is 1. The lowest BCUT2D eigenvalue weighted by Gasteiger charge is -2.11. The van der Waals surface area contributed by atoms with Gasteiger partial charge in [0.1, 0.15) is 5.69 Å². The number of hydrogen-bond donors (Lipinski definition) is 2. The Balaban J connectivity index is 2.46. The van der Waals surface area contributed by atoms with Crippen molar-refractivity contribution < 1.29 is 30.7 Å². The summed E-state index contributed by atoms with van der Waals surface area (Å²) in [6.45, 7) is 0. The van der Waals surface area contributed by atoms with Crippen LogP contribution in [0, 0.1) is 40.7 Å². The highest BCUT2D eigenvalue weighted by atomic mass is 19.2. The standard InChI is InChI=1S/C13H5F7N2/c14-6-2-1-3-5(4(2)8(16)11(19)10(6)18)9(17)12(20)13(22-21)7(3)15/h22H,1,21H2. The Kier molecular flexibility index (Phi) is 3.06. The second-order valence-electron chi connectivity index (χ2n) is 4.60. The summed E-state index contributed by atoms with van der Waals surface area (Å²) in [7, 11) is 0. The minimum Gasteiger partial charge on any atom is -0.319 e. The largest absolute Gasteiger partial charge is 0.319 e. The number of fused-ring (bicyclic) bond motifs is 3. The Bertz CT molecular complexity index is 833. The molecule has 0 fully saturated rings. The van der Waals surface area contributed by atoms with Gasteiger partial charge in [-0.15, -0.1) is 0 Å². The van der Waals surface area contributed by atoms with Crippen molar-refractivity contribution in [1.82, 2.24) is 0 Å². The number of nitrogens with one attached hydrogen (secondary N) is 1. The average molecular weight is 322 g/mol. The van der Waals surface area contributed by atoms with Crippen LogP contribution in [0.5, 0.6) is 0 Å². The summed E-state index contributed by atoms with van der Waals surface area (Å²) in [6.07, 6.45) is -0.775. The van der Waals surface area contributed by atoms with Crippen LogP contribution in [-0.2, 0) is 6.42 Å². The van der Waals surface area contributed by atoms with Gasteiger partial charge in [-0.2, -0.15) is 0 Å². The highest BCUT2D eigenvalue weighted by Crippen LogP contribution is 2.46. The Morgan fingerprint density at radius 3 is 1.59 bits per heavy atom. The summed E-state index contributed by atoms with van der Waals surface area (Å²) in [5.41, 5.74) is -2.93. The lowest BCUT2D eigenvalue weighted by atomic mass is 10.0. The van der Waals surface area contributed by atoms with E-state index in [0.717, 1.165) is 0 Å². The number of nitrogen functional groups attached to an aromatic ring is 1. The van der Waals surface area contributed by atoms with Gasteiger partial charge in [-0.05, 0) is 0 Å². The van der Waals surface area contributed by atoms with Crippen LogP contribution in [0.4, 0.5) is 36.4 Å². The molecule has 2 aromatic carbocycles. The van der Waals surface area contributed by atoms with Crippen molar-refractivity contribution in [3.05, 3.63) is 51.8 Å². The Morgan fingerprint density at radius 1 is 0.591 bits per heavy atom. The first-order valence-electron chi connectivity index (χ1n) is 5.82. The molecule has 1 aliphatic rings. The van der Waals surface area contributed by atoms with Crippen LogP contribution in [0.3, 0.4) is 0 Å². The monoisotopic (exact) mass is 322 g/mol. The molecule has 0 aliphatic heterocycles. The lowest BCUT2D eigenvalue weighted by molar-refractivity contribution is 0.407. The molecule has 3 N–H and O–H groups in total. The third kappa shape index (κ3) is 1.59. The number of nitrogens with two attached hydrogens (primary N) is 1. The molecule has 2 aromatic rings. The van der Waals surface area contributed by atoms with E-state index < -0.39 is 75.1 Å². The van der Waals surface area contributed by atoms with Gasteiger partial charge in [0.15, 0.2) is 40.7 Å². The van der Waals surface area contributed by atoms with Gasteiger partial charge in [0.25, 0.3) is 0 Å². The molecule has 9 heteroatoms. The normalized spacial score (nSPS) is 12.4. The van der Waals surface area contributed by atoms with E-state index in [0.29, 0.717) is 0 Å². The fourth-order valence-electron chi connectivity index (χ4n) is 2.54. The summed E-state index contributed by atoms with van der Waals surface area (Å²) in [6, 6.07) is 0. The SMILES string of the molecule is NNc1c(F)c(F)c2c(c1F)Cc1c(F)c(F)c(F)c(F)c1-2. The molecular weight excluding hydrogens is 317 g/mol. The molecule has 0 unspecified atom stereocenters. The first-order chi connectivity index (χ1) is 10.3. The topological polar surface area (TPSA) is 38.0 Å². The maximum atomic E-state index is 14.1. The van der Waals surface area contributed by atoms with Gasteiger partial charge >= 0.3 is 0 Å². The van der Waals surface area contributed by atoms with Crippen LogP contribution < -0.4 is 11.3 Å². The number of hydrazine groups is 1. The Hall–Kier alpha value is -2.29. The second kappa shape index (κ2) is 4.60. The Morgan fingerprint density at radius 2 is 1.05 bits per heavy atom. The number of rotatable bonds is 1. The van der Waals surface area contributed by atoms with Crippen LogP contribution >= 0.6 is 0 Å². The number of halogens is 7. The summed E-state index contributed by atoms with van der Waals surface area (Å²) < 4.78 is 95.8. The first kappa shape index (κ1) is 14.6. The van der Waals surface area contributed by atoms with Gasteiger partial charge in [-0.1, -0.05) is 0 Å². The smallest absolute Gasteiger partial charge is 0.198 e. The molecule has 0 aromatic heterocycles. The molecule has 0 radical (unpaired) electrons. The summed E-state index contributed by atoms with van der Waals surface area (Å²) >= 11 is 0. The molecule has 116 valence electrons. The van der Waals surface area contributed by atoms with Crippen LogP contribution in [-0.4, -0.2) is 0 Å². The molecule has 0 amide bonds. The van der Waals surface area contributed by atoms with E-state index in [-0.39, 0.29) is 0 Å². The fourth-order valence-corrected chi connectivity index (χ4v) is 2.54. The summed E-state index contributed by atoms with van der Waals surface area (Å²) in [4.78, 5) is 0. The van der Waals surface area contributed by atoms with Gasteiger partial charge in [0, 0.05) is 28.7 Å². The predicted molar refractivity (Wildman–Crippen MR) is 62.2 cm³/mol. The van der Waals surface area contributed by atoms with E-state index in [1.807, 2.05) is 0 Å². The maximum Gasteiger partial charge on any atom is 0.198 e. The van der Waals surface area contributed by atoms with Crippen molar-refractivity contribution in [2.45, 2.75) is 6.42 Å². The van der Waals surface area contributed by atoms with E-state index in [1.165, 1.54) is 0 Å². The van der Waals surface area contributed by atoms with Crippen molar-refractivity contribution in [2.75, 3.05) is 5.43 Å². The predicted octanol–water partition coefficient (Wildman–Crippen LogP) is 3.52. The van der Waals surface area contributed by atoms with Gasteiger partial charge in [0.05, 0.1) is 0 Å². The van der Waals surface area contributed by atoms with E-state index >= 15 is 0 Å². The fraction of sp³-hybridized carbons (Fsp3) is 0.0769. The lowest BCUT2D eigenvalue weighted by Crippen LogP contribution is -2.13. The molecule has 3 rings (SSSR count). The quantitative estimate of drug-likeness (QED) is 0.237. The maximum absolute atomic E-state index is 14.1. The molecule has 0 saturated carbocycles. The molecule has 0 bridgehead atoms. The second-order valence-corrected chi connectivity index (χ2v) is 4.60. The molecule has 0 spiro atoms. The molecule has 2 nitrogen and oxygen atoms in total. The number of hydrogen-bond acceptors (Lipinski definition) is 2. The zero-order chi connectivity index (χ0) is 16.3. The molecule has 0 heterocycles. The van der Waals surface area contributed by atoms with E-state index in [9.17, 15) is 30.7 Å².